The van der Waals surface area contributed by atoms with Gasteiger partial charge in [-0.15, -0.1) is 0 Å². The molecule has 1 aromatic heterocycles. The van der Waals surface area contributed by atoms with Crippen LogP contribution in [-0.4, -0.2) is 53.9 Å². The number of aromatic nitrogens is 2. The van der Waals surface area contributed by atoms with Crippen molar-refractivity contribution in [2.45, 2.75) is 18.0 Å². The zero-order valence-electron chi connectivity index (χ0n) is 12.9. The van der Waals surface area contributed by atoms with Crippen molar-refractivity contribution >= 4 is 21.6 Å². The van der Waals surface area contributed by atoms with Gasteiger partial charge in [0.05, 0.1) is 18.1 Å². The molecule has 0 aliphatic carbocycles. The van der Waals surface area contributed by atoms with Gasteiger partial charge in [0.15, 0.2) is 5.82 Å². The van der Waals surface area contributed by atoms with Crippen LogP contribution in [0.3, 0.4) is 0 Å². The van der Waals surface area contributed by atoms with E-state index in [2.05, 4.69) is 15.0 Å². The SMILES string of the molecule is NCc1nc(CN2CCN(S(=O)(=O)c3ccccc3Cl)CC2)no1. The summed E-state index contributed by atoms with van der Waals surface area (Å²) in [6.45, 7) is 2.64. The van der Waals surface area contributed by atoms with Crippen molar-refractivity contribution in [3.05, 3.63) is 41.0 Å². The highest BCUT2D eigenvalue weighted by Gasteiger charge is 2.30. The Labute approximate surface area is 145 Å². The number of hydrogen-bond acceptors (Lipinski definition) is 7. The highest BCUT2D eigenvalue weighted by atomic mass is 35.5. The third-order valence-corrected chi connectivity index (χ3v) is 6.23. The molecule has 1 aliphatic rings. The van der Waals surface area contributed by atoms with Crippen LogP contribution in [-0.2, 0) is 23.1 Å². The monoisotopic (exact) mass is 371 g/mol. The van der Waals surface area contributed by atoms with E-state index in [-0.39, 0.29) is 16.5 Å². The number of rotatable bonds is 5. The standard InChI is InChI=1S/C14H18ClN5O3S/c15-11-3-1-2-4-12(11)24(21,22)20-7-5-19(6-8-20)10-13-17-14(9-16)23-18-13/h1-4H,5-10,16H2. The van der Waals surface area contributed by atoms with E-state index >= 15 is 0 Å². The predicted octanol–water partition coefficient (Wildman–Crippen LogP) is 0.688. The molecule has 10 heteroatoms. The van der Waals surface area contributed by atoms with Crippen LogP contribution in [0.2, 0.25) is 5.02 Å². The highest BCUT2D eigenvalue weighted by Crippen LogP contribution is 2.25. The number of sulfonamides is 1. The summed E-state index contributed by atoms with van der Waals surface area (Å²) in [7, 11) is -3.58. The van der Waals surface area contributed by atoms with E-state index in [4.69, 9.17) is 21.9 Å². The van der Waals surface area contributed by atoms with Gasteiger partial charge in [-0.05, 0) is 12.1 Å². The van der Waals surface area contributed by atoms with Crippen molar-refractivity contribution in [1.82, 2.24) is 19.3 Å². The lowest BCUT2D eigenvalue weighted by atomic mass is 10.3. The predicted molar refractivity (Wildman–Crippen MR) is 87.7 cm³/mol. The molecule has 8 nitrogen and oxygen atoms in total. The third kappa shape index (κ3) is 3.60. The number of benzene rings is 1. The molecule has 0 radical (unpaired) electrons. The summed E-state index contributed by atoms with van der Waals surface area (Å²) in [6, 6.07) is 6.48. The Morgan fingerprint density at radius 3 is 2.54 bits per heavy atom. The van der Waals surface area contributed by atoms with E-state index in [0.717, 1.165) is 0 Å². The lowest BCUT2D eigenvalue weighted by Gasteiger charge is -2.33. The minimum absolute atomic E-state index is 0.144. The van der Waals surface area contributed by atoms with Crippen LogP contribution in [0, 0.1) is 0 Å². The quantitative estimate of drug-likeness (QED) is 0.824. The summed E-state index contributed by atoms with van der Waals surface area (Å²) in [6.07, 6.45) is 0. The molecule has 1 fully saturated rings. The van der Waals surface area contributed by atoms with Crippen LogP contribution in [0.15, 0.2) is 33.7 Å². The molecule has 1 aromatic carbocycles. The van der Waals surface area contributed by atoms with Gasteiger partial charge in [-0.3, -0.25) is 4.90 Å². The first kappa shape index (κ1) is 17.3. The van der Waals surface area contributed by atoms with Crippen molar-refractivity contribution in [2.75, 3.05) is 26.2 Å². The van der Waals surface area contributed by atoms with Crippen molar-refractivity contribution in [2.24, 2.45) is 5.73 Å². The van der Waals surface area contributed by atoms with Crippen molar-refractivity contribution in [3.63, 3.8) is 0 Å². The number of nitrogens with two attached hydrogens (primary N) is 1. The second kappa shape index (κ2) is 7.16. The molecular weight excluding hydrogens is 354 g/mol. The van der Waals surface area contributed by atoms with Gasteiger partial charge in [-0.2, -0.15) is 9.29 Å². The zero-order chi connectivity index (χ0) is 17.2. The first-order chi connectivity index (χ1) is 11.5. The van der Waals surface area contributed by atoms with Crippen LogP contribution >= 0.6 is 11.6 Å². The van der Waals surface area contributed by atoms with Crippen LogP contribution in [0.1, 0.15) is 11.7 Å². The second-order valence-electron chi connectivity index (χ2n) is 5.42. The lowest BCUT2D eigenvalue weighted by molar-refractivity contribution is 0.176. The fraction of sp³-hybridized carbons (Fsp3) is 0.429. The van der Waals surface area contributed by atoms with Gasteiger partial charge < -0.3 is 10.3 Å². The van der Waals surface area contributed by atoms with Gasteiger partial charge in [0, 0.05) is 26.2 Å². The maximum atomic E-state index is 12.7. The molecule has 2 aromatic rings. The largest absolute Gasteiger partial charge is 0.338 e. The maximum absolute atomic E-state index is 12.7. The molecule has 1 saturated heterocycles. The van der Waals surface area contributed by atoms with Crippen LogP contribution in [0.4, 0.5) is 0 Å². The Morgan fingerprint density at radius 1 is 1.21 bits per heavy atom. The third-order valence-electron chi connectivity index (χ3n) is 3.84. The van der Waals surface area contributed by atoms with E-state index in [1.165, 1.54) is 10.4 Å². The Hall–Kier alpha value is -1.52. The van der Waals surface area contributed by atoms with Gasteiger partial charge in [-0.1, -0.05) is 28.9 Å². The summed E-state index contributed by atoms with van der Waals surface area (Å²) in [4.78, 5) is 6.37. The summed E-state index contributed by atoms with van der Waals surface area (Å²) < 4.78 is 31.8. The Bertz CT molecular complexity index is 802. The van der Waals surface area contributed by atoms with Crippen molar-refractivity contribution in [3.8, 4) is 0 Å². The minimum Gasteiger partial charge on any atom is -0.338 e. The van der Waals surface area contributed by atoms with Gasteiger partial charge in [-0.25, -0.2) is 8.42 Å². The molecule has 2 heterocycles. The van der Waals surface area contributed by atoms with Crippen molar-refractivity contribution in [1.29, 1.82) is 0 Å². The summed E-state index contributed by atoms with van der Waals surface area (Å²) in [5, 5.41) is 4.09. The Balaban J connectivity index is 1.63. The Morgan fingerprint density at radius 2 is 1.92 bits per heavy atom. The molecule has 0 amide bonds. The van der Waals surface area contributed by atoms with Gasteiger partial charge in [0.25, 0.3) is 0 Å². The van der Waals surface area contributed by atoms with Crippen LogP contribution in [0.5, 0.6) is 0 Å². The number of halogens is 1. The molecule has 24 heavy (non-hydrogen) atoms. The van der Waals surface area contributed by atoms with E-state index < -0.39 is 10.0 Å². The summed E-state index contributed by atoms with van der Waals surface area (Å²) in [5.74, 6) is 0.947. The molecule has 0 unspecified atom stereocenters. The number of hydrogen-bond donors (Lipinski definition) is 1. The van der Waals surface area contributed by atoms with Crippen molar-refractivity contribution < 1.29 is 12.9 Å². The summed E-state index contributed by atoms with van der Waals surface area (Å²) >= 11 is 6.03. The van der Waals surface area contributed by atoms with E-state index in [0.29, 0.717) is 44.4 Å². The fourth-order valence-corrected chi connectivity index (χ4v) is 4.47. The van der Waals surface area contributed by atoms with Gasteiger partial charge in [0.2, 0.25) is 15.9 Å². The normalized spacial score (nSPS) is 17.2. The maximum Gasteiger partial charge on any atom is 0.244 e. The molecular formula is C14H18ClN5O3S. The highest BCUT2D eigenvalue weighted by molar-refractivity contribution is 7.89. The summed E-state index contributed by atoms with van der Waals surface area (Å²) in [5.41, 5.74) is 5.44. The second-order valence-corrected chi connectivity index (χ2v) is 7.73. The van der Waals surface area contributed by atoms with Crippen LogP contribution in [0.25, 0.3) is 0 Å². The zero-order valence-corrected chi connectivity index (χ0v) is 14.5. The molecule has 2 N–H and O–H groups in total. The lowest BCUT2D eigenvalue weighted by Crippen LogP contribution is -2.48. The van der Waals surface area contributed by atoms with E-state index in [1.807, 2.05) is 0 Å². The Kier molecular flexibility index (Phi) is 5.16. The fourth-order valence-electron chi connectivity index (χ4n) is 2.56. The topological polar surface area (TPSA) is 106 Å². The average molecular weight is 372 g/mol. The number of nitrogens with zero attached hydrogens (tertiary/aromatic N) is 4. The molecule has 0 spiro atoms. The molecule has 0 bridgehead atoms. The molecule has 1 aliphatic heterocycles. The molecule has 130 valence electrons. The minimum atomic E-state index is -3.58. The first-order valence-electron chi connectivity index (χ1n) is 7.49. The smallest absolute Gasteiger partial charge is 0.244 e. The molecule has 0 atom stereocenters. The number of piperazine rings is 1. The van der Waals surface area contributed by atoms with E-state index in [9.17, 15) is 8.42 Å². The molecule has 3 rings (SSSR count). The van der Waals surface area contributed by atoms with Gasteiger partial charge >= 0.3 is 0 Å². The van der Waals surface area contributed by atoms with Gasteiger partial charge in [0.1, 0.15) is 4.90 Å². The molecule has 0 saturated carbocycles. The van der Waals surface area contributed by atoms with Crippen LogP contribution < -0.4 is 5.73 Å². The average Bonchev–Trinajstić information content (AvgIpc) is 3.03. The van der Waals surface area contributed by atoms with E-state index in [1.54, 1.807) is 18.2 Å². The first-order valence-corrected chi connectivity index (χ1v) is 9.31.